The third-order valence-corrected chi connectivity index (χ3v) is 3.29. The van der Waals surface area contributed by atoms with Gasteiger partial charge < -0.3 is 10.1 Å². The molecule has 0 spiro atoms. The Kier molecular flexibility index (Phi) is 5.26. The summed E-state index contributed by atoms with van der Waals surface area (Å²) in [5, 5.41) is 10.4. The van der Waals surface area contributed by atoms with Crippen LogP contribution in [0.2, 0.25) is 0 Å². The summed E-state index contributed by atoms with van der Waals surface area (Å²) in [6.07, 6.45) is 0.297. The predicted molar refractivity (Wildman–Crippen MR) is 67.4 cm³/mol. The third kappa shape index (κ3) is 3.62. The molecule has 94 valence electrons. The normalized spacial score (nSPS) is 27.7. The van der Waals surface area contributed by atoms with Crippen molar-refractivity contribution < 1.29 is 9.53 Å². The van der Waals surface area contributed by atoms with E-state index in [0.29, 0.717) is 6.42 Å². The number of esters is 1. The fraction of sp³-hybridized carbons (Fsp3) is 0.636. The topological polar surface area (TPSA) is 67.6 Å². The number of hydrogen-bond donors (Lipinski definition) is 2. The fourth-order valence-electron chi connectivity index (χ4n) is 1.76. The van der Waals surface area contributed by atoms with Gasteiger partial charge in [-0.15, -0.1) is 0 Å². The minimum atomic E-state index is -0.280. The van der Waals surface area contributed by atoms with Gasteiger partial charge in [-0.2, -0.15) is 0 Å². The van der Waals surface area contributed by atoms with E-state index in [1.165, 1.54) is 23.3 Å². The maximum atomic E-state index is 11.7. The number of carbonyl (C=O) groups is 1. The summed E-state index contributed by atoms with van der Waals surface area (Å²) in [7, 11) is 3.13. The first-order valence-corrected chi connectivity index (χ1v) is 6.09. The molecule has 1 heterocycles. The molecule has 0 aromatic heterocycles. The van der Waals surface area contributed by atoms with Crippen LogP contribution in [0.1, 0.15) is 13.3 Å². The van der Waals surface area contributed by atoms with Crippen molar-refractivity contribution in [3.05, 3.63) is 0 Å². The molecule has 6 heteroatoms. The molecule has 0 amide bonds. The van der Waals surface area contributed by atoms with Gasteiger partial charge in [-0.1, -0.05) is 12.1 Å². The molecule has 3 N–H and O–H groups in total. The van der Waals surface area contributed by atoms with E-state index in [4.69, 9.17) is 10.6 Å². The molecule has 0 fully saturated rings. The van der Waals surface area contributed by atoms with Crippen molar-refractivity contribution in [1.29, 1.82) is 0 Å². The van der Waals surface area contributed by atoms with E-state index >= 15 is 0 Å². The summed E-state index contributed by atoms with van der Waals surface area (Å²) < 4.78 is 4.81. The van der Waals surface area contributed by atoms with E-state index in [0.717, 1.165) is 0 Å². The Morgan fingerprint density at radius 1 is 1.65 bits per heavy atom. The van der Waals surface area contributed by atoms with Gasteiger partial charge in [-0.05, 0) is 11.2 Å². The number of methoxy groups -OCH3 is 1. The summed E-state index contributed by atoms with van der Waals surface area (Å²) in [5.41, 5.74) is 0. The Balaban J connectivity index is 2.97. The average Bonchev–Trinajstić information content (AvgIpc) is 2.39. The first kappa shape index (κ1) is 13.8. The minimum Gasteiger partial charge on any atom is -0.469 e. The molecular formula is C11H17N3O2S. The Labute approximate surface area is 105 Å². The molecule has 0 aliphatic carbocycles. The van der Waals surface area contributed by atoms with E-state index in [-0.39, 0.29) is 24.0 Å². The van der Waals surface area contributed by atoms with Gasteiger partial charge in [0.25, 0.3) is 0 Å². The average molecular weight is 255 g/mol. The number of nitrogens with one attached hydrogen (secondary N) is 1. The largest absolute Gasteiger partial charge is 0.469 e. The SMILES string of the molecule is COC(=O)C1CC#SC#CNC(N(C)N)C1C. The maximum absolute atomic E-state index is 11.7. The number of carbonyl (C=O) groups excluding carboxylic acids is 1. The van der Waals surface area contributed by atoms with Crippen LogP contribution in [0.15, 0.2) is 0 Å². The van der Waals surface area contributed by atoms with E-state index in [2.05, 4.69) is 21.8 Å². The van der Waals surface area contributed by atoms with Gasteiger partial charge in [0.15, 0.2) is 0 Å². The van der Waals surface area contributed by atoms with Crippen LogP contribution >= 0.6 is 11.2 Å². The van der Waals surface area contributed by atoms with Crippen molar-refractivity contribution >= 4 is 17.1 Å². The fourth-order valence-corrected chi connectivity index (χ4v) is 2.20. The molecule has 0 aromatic rings. The van der Waals surface area contributed by atoms with Crippen LogP contribution in [0.4, 0.5) is 0 Å². The van der Waals surface area contributed by atoms with Crippen LogP contribution in [0.3, 0.4) is 0 Å². The number of ether oxygens (including phenoxy) is 1. The number of nitrogens with two attached hydrogens (primary N) is 1. The van der Waals surface area contributed by atoms with Gasteiger partial charge in [-0.3, -0.25) is 10.6 Å². The second kappa shape index (κ2) is 6.48. The first-order chi connectivity index (χ1) is 8.07. The Morgan fingerprint density at radius 3 is 2.94 bits per heavy atom. The van der Waals surface area contributed by atoms with Crippen molar-refractivity contribution in [2.45, 2.75) is 19.5 Å². The number of rotatable bonds is 2. The Hall–Kier alpha value is -1.25. The van der Waals surface area contributed by atoms with Crippen molar-refractivity contribution in [2.75, 3.05) is 14.2 Å². The predicted octanol–water partition coefficient (Wildman–Crippen LogP) is 0.147. The van der Waals surface area contributed by atoms with Gasteiger partial charge >= 0.3 is 5.97 Å². The molecule has 0 aromatic carbocycles. The summed E-state index contributed by atoms with van der Waals surface area (Å²) >= 11 is 1.25. The van der Waals surface area contributed by atoms with Crippen molar-refractivity contribution in [1.82, 2.24) is 10.3 Å². The van der Waals surface area contributed by atoms with Gasteiger partial charge in [0, 0.05) is 30.7 Å². The van der Waals surface area contributed by atoms with Gasteiger partial charge in [0.05, 0.1) is 13.0 Å². The van der Waals surface area contributed by atoms with Gasteiger partial charge in [-0.25, -0.2) is 5.01 Å². The maximum Gasteiger partial charge on any atom is 0.310 e. The van der Waals surface area contributed by atoms with Crippen LogP contribution in [0.25, 0.3) is 0 Å². The molecule has 1 rings (SSSR count). The Bertz CT molecular complexity index is 402. The zero-order valence-electron chi connectivity index (χ0n) is 10.2. The van der Waals surface area contributed by atoms with E-state index in [9.17, 15) is 4.79 Å². The molecule has 1 aliphatic heterocycles. The zero-order valence-corrected chi connectivity index (χ0v) is 11.0. The number of nitrogens with zero attached hydrogens (tertiary/aromatic N) is 1. The highest BCUT2D eigenvalue weighted by molar-refractivity contribution is 7.93. The summed E-state index contributed by atoms with van der Waals surface area (Å²) in [6, 6.07) is 2.79. The quantitative estimate of drug-likeness (QED) is 0.318. The van der Waals surface area contributed by atoms with Crippen LogP contribution in [-0.4, -0.2) is 31.3 Å². The zero-order chi connectivity index (χ0) is 12.8. The van der Waals surface area contributed by atoms with Gasteiger partial charge in [0.2, 0.25) is 0 Å². The Morgan fingerprint density at radius 2 is 2.35 bits per heavy atom. The lowest BCUT2D eigenvalue weighted by atomic mass is 9.89. The van der Waals surface area contributed by atoms with Crippen LogP contribution in [0.5, 0.6) is 0 Å². The number of hydrogen-bond acceptors (Lipinski definition) is 5. The monoisotopic (exact) mass is 255 g/mol. The van der Waals surface area contributed by atoms with Crippen molar-refractivity contribution in [3.63, 3.8) is 0 Å². The second-order valence-corrected chi connectivity index (χ2v) is 4.62. The molecule has 0 saturated heterocycles. The standard InChI is InChI=1S/C11H17N3O2S/c1-8-9(11(15)16-3)4-6-17-7-5-13-10(8)14(2)12/h8-10,13H,4,12H2,1-3H3. The molecule has 0 saturated carbocycles. The molecule has 1 aliphatic rings. The molecule has 3 unspecified atom stereocenters. The van der Waals surface area contributed by atoms with Crippen molar-refractivity contribution in [3.8, 4) is 16.5 Å². The molecule has 0 radical (unpaired) electrons. The van der Waals surface area contributed by atoms with E-state index in [1.54, 1.807) is 7.05 Å². The first-order valence-electron chi connectivity index (χ1n) is 5.27. The molecule has 17 heavy (non-hydrogen) atoms. The van der Waals surface area contributed by atoms with Crippen LogP contribution in [-0.2, 0) is 9.53 Å². The lowest BCUT2D eigenvalue weighted by Crippen LogP contribution is -2.52. The summed E-state index contributed by atoms with van der Waals surface area (Å²) in [6.45, 7) is 1.95. The minimum absolute atomic E-state index is 0.0297. The van der Waals surface area contributed by atoms with Crippen LogP contribution in [0, 0.1) is 28.3 Å². The highest BCUT2D eigenvalue weighted by Crippen LogP contribution is 2.22. The van der Waals surface area contributed by atoms with Crippen molar-refractivity contribution in [2.24, 2.45) is 17.7 Å². The second-order valence-electron chi connectivity index (χ2n) is 3.92. The number of hydrazine groups is 1. The molecule has 0 bridgehead atoms. The van der Waals surface area contributed by atoms with Crippen LogP contribution < -0.4 is 11.2 Å². The van der Waals surface area contributed by atoms with E-state index in [1.807, 2.05) is 6.92 Å². The highest BCUT2D eigenvalue weighted by atomic mass is 32.1. The van der Waals surface area contributed by atoms with Gasteiger partial charge in [0.1, 0.15) is 6.17 Å². The summed E-state index contributed by atoms with van der Waals surface area (Å²) in [5.74, 6) is 5.20. The molecule has 3 atom stereocenters. The lowest BCUT2D eigenvalue weighted by molar-refractivity contribution is -0.148. The molecule has 5 nitrogen and oxygen atoms in total. The van der Waals surface area contributed by atoms with E-state index < -0.39 is 0 Å². The lowest BCUT2D eigenvalue weighted by Gasteiger charge is -2.32. The highest BCUT2D eigenvalue weighted by Gasteiger charge is 2.32. The smallest absolute Gasteiger partial charge is 0.310 e. The third-order valence-electron chi connectivity index (χ3n) is 2.77. The summed E-state index contributed by atoms with van der Waals surface area (Å²) in [4.78, 5) is 11.7. The molecular weight excluding hydrogens is 238 g/mol.